The number of nitrogens with one attached hydrogen (secondary N) is 2. The maximum absolute atomic E-state index is 12.3. The van der Waals surface area contributed by atoms with Gasteiger partial charge in [0.15, 0.2) is 12.2 Å². The Morgan fingerprint density at radius 3 is 2.28 bits per heavy atom. The predicted molar refractivity (Wildman–Crippen MR) is 92.6 cm³/mol. The van der Waals surface area contributed by atoms with Crippen LogP contribution in [-0.4, -0.2) is 26.4 Å². The SMILES string of the molecule is CNS(=O)(=O)c1ccc(C(=O)Nc2ccc(-c3cnco3)cc2)cc1. The van der Waals surface area contributed by atoms with Crippen LogP contribution in [0.5, 0.6) is 0 Å². The van der Waals surface area contributed by atoms with Crippen molar-refractivity contribution in [3.05, 3.63) is 66.7 Å². The summed E-state index contributed by atoms with van der Waals surface area (Å²) in [5.41, 5.74) is 1.81. The molecule has 1 amide bonds. The van der Waals surface area contributed by atoms with Crippen LogP contribution in [0.25, 0.3) is 11.3 Å². The van der Waals surface area contributed by atoms with Gasteiger partial charge in [0.05, 0.1) is 11.1 Å². The van der Waals surface area contributed by atoms with Crippen LogP contribution in [0.15, 0.2) is 70.4 Å². The van der Waals surface area contributed by atoms with Crippen LogP contribution >= 0.6 is 0 Å². The highest BCUT2D eigenvalue weighted by Gasteiger charge is 2.13. The average Bonchev–Trinajstić information content (AvgIpc) is 3.17. The fourth-order valence-corrected chi connectivity index (χ4v) is 2.91. The summed E-state index contributed by atoms with van der Waals surface area (Å²) in [7, 11) is -2.19. The normalized spacial score (nSPS) is 11.2. The van der Waals surface area contributed by atoms with Crippen LogP contribution in [0, 0.1) is 0 Å². The smallest absolute Gasteiger partial charge is 0.255 e. The molecule has 0 fully saturated rings. The summed E-state index contributed by atoms with van der Waals surface area (Å²) in [5.74, 6) is 0.306. The van der Waals surface area contributed by atoms with Crippen LogP contribution in [0.1, 0.15) is 10.4 Å². The number of oxazole rings is 1. The molecule has 0 aliphatic carbocycles. The summed E-state index contributed by atoms with van der Waals surface area (Å²) in [6.45, 7) is 0. The number of carbonyl (C=O) groups excluding carboxylic acids is 1. The van der Waals surface area contributed by atoms with Crippen LogP contribution in [0.3, 0.4) is 0 Å². The van der Waals surface area contributed by atoms with E-state index in [1.807, 2.05) is 0 Å². The minimum Gasteiger partial charge on any atom is -0.444 e. The van der Waals surface area contributed by atoms with Gasteiger partial charge in [-0.3, -0.25) is 4.79 Å². The van der Waals surface area contributed by atoms with E-state index >= 15 is 0 Å². The minimum absolute atomic E-state index is 0.1000. The van der Waals surface area contributed by atoms with E-state index in [2.05, 4.69) is 15.0 Å². The van der Waals surface area contributed by atoms with Crippen molar-refractivity contribution in [1.29, 1.82) is 0 Å². The predicted octanol–water partition coefficient (Wildman–Crippen LogP) is 2.50. The van der Waals surface area contributed by atoms with Gasteiger partial charge in [-0.2, -0.15) is 0 Å². The number of carbonyl (C=O) groups is 1. The highest BCUT2D eigenvalue weighted by atomic mass is 32.2. The summed E-state index contributed by atoms with van der Waals surface area (Å²) >= 11 is 0. The summed E-state index contributed by atoms with van der Waals surface area (Å²) in [6.07, 6.45) is 2.96. The number of hydrogen-bond acceptors (Lipinski definition) is 5. The lowest BCUT2D eigenvalue weighted by Crippen LogP contribution is -2.19. The summed E-state index contributed by atoms with van der Waals surface area (Å²) in [4.78, 5) is 16.2. The molecule has 0 unspecified atom stereocenters. The molecule has 0 aliphatic rings. The lowest BCUT2D eigenvalue weighted by atomic mass is 10.1. The molecule has 0 spiro atoms. The third-order valence-corrected chi connectivity index (χ3v) is 4.99. The van der Waals surface area contributed by atoms with Gasteiger partial charge >= 0.3 is 0 Å². The van der Waals surface area contributed by atoms with E-state index in [-0.39, 0.29) is 10.8 Å². The van der Waals surface area contributed by atoms with Crippen molar-refractivity contribution >= 4 is 21.6 Å². The Kier molecular flexibility index (Phi) is 4.64. The Balaban J connectivity index is 1.72. The zero-order chi connectivity index (χ0) is 17.9. The molecule has 2 N–H and O–H groups in total. The van der Waals surface area contributed by atoms with Crippen molar-refractivity contribution in [2.75, 3.05) is 12.4 Å². The van der Waals surface area contributed by atoms with E-state index in [0.29, 0.717) is 17.0 Å². The Morgan fingerprint density at radius 2 is 1.72 bits per heavy atom. The van der Waals surface area contributed by atoms with Crippen molar-refractivity contribution in [2.24, 2.45) is 0 Å². The molecule has 0 radical (unpaired) electrons. The maximum atomic E-state index is 12.3. The van der Waals surface area contributed by atoms with Crippen molar-refractivity contribution < 1.29 is 17.6 Å². The van der Waals surface area contributed by atoms with E-state index in [1.165, 1.54) is 37.7 Å². The quantitative estimate of drug-likeness (QED) is 0.730. The zero-order valence-electron chi connectivity index (χ0n) is 13.3. The standard InChI is InChI=1S/C17H15N3O4S/c1-18-25(22,23)15-8-4-13(5-9-15)17(21)20-14-6-2-12(3-7-14)16-10-19-11-24-16/h2-11,18H,1H3,(H,20,21). The molecular weight excluding hydrogens is 342 g/mol. The van der Waals surface area contributed by atoms with Gasteiger partial charge in [0.1, 0.15) is 0 Å². The number of anilines is 1. The van der Waals surface area contributed by atoms with Gasteiger partial charge in [0.25, 0.3) is 5.91 Å². The van der Waals surface area contributed by atoms with Gasteiger partial charge in [0, 0.05) is 16.8 Å². The van der Waals surface area contributed by atoms with E-state index in [9.17, 15) is 13.2 Å². The lowest BCUT2D eigenvalue weighted by Gasteiger charge is -2.07. The van der Waals surface area contributed by atoms with E-state index < -0.39 is 10.0 Å². The molecule has 1 aromatic heterocycles. The highest BCUT2D eigenvalue weighted by Crippen LogP contribution is 2.21. The van der Waals surface area contributed by atoms with Crippen molar-refractivity contribution in [1.82, 2.24) is 9.71 Å². The number of sulfonamides is 1. The fourth-order valence-electron chi connectivity index (χ4n) is 2.18. The molecule has 2 aromatic carbocycles. The molecule has 0 atom stereocenters. The van der Waals surface area contributed by atoms with Crippen molar-refractivity contribution in [3.8, 4) is 11.3 Å². The second-order valence-electron chi connectivity index (χ2n) is 5.13. The molecule has 0 aliphatic heterocycles. The number of nitrogens with zero attached hydrogens (tertiary/aromatic N) is 1. The molecule has 7 nitrogen and oxygen atoms in total. The Hall–Kier alpha value is -2.97. The van der Waals surface area contributed by atoms with E-state index in [0.717, 1.165) is 5.56 Å². The van der Waals surface area contributed by atoms with Gasteiger partial charge in [-0.15, -0.1) is 0 Å². The molecule has 0 saturated heterocycles. The Bertz CT molecular complexity index is 964. The zero-order valence-corrected chi connectivity index (χ0v) is 14.1. The van der Waals surface area contributed by atoms with Crippen LogP contribution in [0.2, 0.25) is 0 Å². The van der Waals surface area contributed by atoms with Crippen molar-refractivity contribution in [3.63, 3.8) is 0 Å². The first kappa shape index (κ1) is 16.9. The molecule has 3 rings (SSSR count). The third-order valence-electron chi connectivity index (χ3n) is 3.56. The average molecular weight is 357 g/mol. The summed E-state index contributed by atoms with van der Waals surface area (Å²) in [5, 5.41) is 2.75. The monoisotopic (exact) mass is 357 g/mol. The second-order valence-corrected chi connectivity index (χ2v) is 7.02. The highest BCUT2D eigenvalue weighted by molar-refractivity contribution is 7.89. The molecule has 1 heterocycles. The molecule has 8 heteroatoms. The summed E-state index contributed by atoms with van der Waals surface area (Å²) < 4.78 is 30.8. The number of amides is 1. The molecule has 0 saturated carbocycles. The van der Waals surface area contributed by atoms with E-state index in [1.54, 1.807) is 30.5 Å². The molecule has 3 aromatic rings. The first-order valence-electron chi connectivity index (χ1n) is 7.33. The number of rotatable bonds is 5. The topological polar surface area (TPSA) is 101 Å². The third kappa shape index (κ3) is 3.76. The van der Waals surface area contributed by atoms with Crippen LogP contribution in [-0.2, 0) is 10.0 Å². The van der Waals surface area contributed by atoms with Crippen LogP contribution in [0.4, 0.5) is 5.69 Å². The van der Waals surface area contributed by atoms with Gasteiger partial charge in [-0.25, -0.2) is 18.1 Å². The Morgan fingerprint density at radius 1 is 1.04 bits per heavy atom. The molecule has 128 valence electrons. The largest absolute Gasteiger partial charge is 0.444 e. The van der Waals surface area contributed by atoms with Crippen LogP contribution < -0.4 is 10.0 Å². The summed E-state index contributed by atoms with van der Waals surface area (Å²) in [6, 6.07) is 12.8. The number of hydrogen-bond donors (Lipinski definition) is 2. The second kappa shape index (κ2) is 6.88. The molecule has 0 bridgehead atoms. The maximum Gasteiger partial charge on any atom is 0.255 e. The van der Waals surface area contributed by atoms with Gasteiger partial charge in [0.2, 0.25) is 10.0 Å². The number of benzene rings is 2. The fraction of sp³-hybridized carbons (Fsp3) is 0.0588. The van der Waals surface area contributed by atoms with Gasteiger partial charge in [-0.05, 0) is 55.6 Å². The number of aromatic nitrogens is 1. The van der Waals surface area contributed by atoms with E-state index in [4.69, 9.17) is 4.42 Å². The minimum atomic E-state index is -3.52. The van der Waals surface area contributed by atoms with Crippen molar-refractivity contribution in [2.45, 2.75) is 4.90 Å². The first-order valence-corrected chi connectivity index (χ1v) is 8.82. The Labute approximate surface area is 144 Å². The lowest BCUT2D eigenvalue weighted by molar-refractivity contribution is 0.102. The molecular formula is C17H15N3O4S. The van der Waals surface area contributed by atoms with Gasteiger partial charge < -0.3 is 9.73 Å². The first-order chi connectivity index (χ1) is 12.0. The van der Waals surface area contributed by atoms with Gasteiger partial charge in [-0.1, -0.05) is 0 Å². The molecule has 25 heavy (non-hydrogen) atoms.